The molecule has 4 nitrogen and oxygen atoms in total. The molecule has 0 saturated heterocycles. The Hall–Kier alpha value is -3.05. The number of hydrogen-bond donors (Lipinski definition) is 1. The molecular formula is C24H21N3OS. The molecule has 0 bridgehead atoms. The molecule has 1 N–H and O–H groups in total. The highest BCUT2D eigenvalue weighted by atomic mass is 32.1. The number of benzene rings is 2. The molecule has 2 aromatic heterocycles. The van der Waals surface area contributed by atoms with Gasteiger partial charge >= 0.3 is 0 Å². The maximum Gasteiger partial charge on any atom is 0.159 e. The normalized spacial score (nSPS) is 13.3. The molecular weight excluding hydrogens is 378 g/mol. The Labute approximate surface area is 173 Å². The van der Waals surface area contributed by atoms with Gasteiger partial charge in [0.25, 0.3) is 0 Å². The molecule has 29 heavy (non-hydrogen) atoms. The Morgan fingerprint density at radius 2 is 1.90 bits per heavy atom. The van der Waals surface area contributed by atoms with E-state index in [9.17, 15) is 4.79 Å². The lowest BCUT2D eigenvalue weighted by Crippen LogP contribution is -2.02. The van der Waals surface area contributed by atoms with E-state index in [-0.39, 0.29) is 5.78 Å². The van der Waals surface area contributed by atoms with E-state index in [0.29, 0.717) is 5.56 Å². The first kappa shape index (κ1) is 18.0. The molecule has 5 rings (SSSR count). The van der Waals surface area contributed by atoms with Gasteiger partial charge in [-0.15, -0.1) is 11.3 Å². The third-order valence-corrected chi connectivity index (χ3v) is 6.45. The minimum Gasteiger partial charge on any atom is -0.340 e. The summed E-state index contributed by atoms with van der Waals surface area (Å²) in [6, 6.07) is 14.4. The average Bonchev–Trinajstić information content (AvgIpc) is 3.19. The Kier molecular flexibility index (Phi) is 4.60. The van der Waals surface area contributed by atoms with Crippen molar-refractivity contribution in [2.24, 2.45) is 0 Å². The van der Waals surface area contributed by atoms with Crippen molar-refractivity contribution in [1.82, 2.24) is 9.97 Å². The molecule has 0 atom stereocenters. The Bertz CT molecular complexity index is 1230. The van der Waals surface area contributed by atoms with Crippen LogP contribution in [0.5, 0.6) is 0 Å². The van der Waals surface area contributed by atoms with Crippen molar-refractivity contribution in [3.05, 3.63) is 70.9 Å². The smallest absolute Gasteiger partial charge is 0.159 e. The van der Waals surface area contributed by atoms with Crippen LogP contribution in [0.1, 0.15) is 41.3 Å². The van der Waals surface area contributed by atoms with Gasteiger partial charge in [-0.3, -0.25) is 4.79 Å². The van der Waals surface area contributed by atoms with Crippen LogP contribution in [0.3, 0.4) is 0 Å². The van der Waals surface area contributed by atoms with Crippen LogP contribution in [-0.4, -0.2) is 15.8 Å². The number of carbonyl (C=O) groups excluding carboxylic acids is 1. The fourth-order valence-corrected chi connectivity index (χ4v) is 4.95. The maximum absolute atomic E-state index is 11.7. The number of hydrogen-bond acceptors (Lipinski definition) is 5. The summed E-state index contributed by atoms with van der Waals surface area (Å²) in [6.07, 6.45) is 6.48. The van der Waals surface area contributed by atoms with E-state index in [2.05, 4.69) is 38.9 Å². The van der Waals surface area contributed by atoms with Crippen LogP contribution in [0.4, 0.5) is 11.5 Å². The molecule has 1 aliphatic rings. The van der Waals surface area contributed by atoms with E-state index >= 15 is 0 Å². The molecule has 2 heterocycles. The number of aryl methyl sites for hydroxylation is 2. The molecule has 0 fully saturated rings. The summed E-state index contributed by atoms with van der Waals surface area (Å²) < 4.78 is 0. The topological polar surface area (TPSA) is 54.9 Å². The number of ketones is 1. The number of nitrogens with zero attached hydrogens (tertiary/aromatic N) is 2. The summed E-state index contributed by atoms with van der Waals surface area (Å²) >= 11 is 1.63. The lowest BCUT2D eigenvalue weighted by molar-refractivity contribution is 0.101. The van der Waals surface area contributed by atoms with Crippen LogP contribution >= 0.6 is 11.3 Å². The van der Waals surface area contributed by atoms with Gasteiger partial charge in [0.05, 0.1) is 5.39 Å². The van der Waals surface area contributed by atoms with Crippen molar-refractivity contribution >= 4 is 38.8 Å². The predicted molar refractivity (Wildman–Crippen MR) is 119 cm³/mol. The summed E-state index contributed by atoms with van der Waals surface area (Å²) in [4.78, 5) is 21.7. The Balaban J connectivity index is 1.59. The van der Waals surface area contributed by atoms with E-state index < -0.39 is 0 Å². The molecule has 0 radical (unpaired) electrons. The number of carbonyl (C=O) groups is 1. The van der Waals surface area contributed by atoms with Crippen molar-refractivity contribution in [2.45, 2.75) is 32.6 Å². The number of rotatable bonds is 4. The number of aromatic nitrogens is 2. The number of Topliss-reactive ketones (excluding diaryl/α,β-unsaturated/α-hetero) is 1. The van der Waals surface area contributed by atoms with E-state index in [4.69, 9.17) is 0 Å². The second-order valence-corrected chi connectivity index (χ2v) is 8.36. The van der Waals surface area contributed by atoms with Crippen LogP contribution in [0.25, 0.3) is 21.3 Å². The standard InChI is InChI=1S/C24H21N3OS/c1-15(28)17-7-4-8-20(12-17)27-23-22-21(13-29-24(22)26-14-25-23)19-10-9-16-5-2-3-6-18(16)11-19/h4,7-14H,2-3,5-6H2,1H3,(H,25,26,27). The fourth-order valence-electron chi connectivity index (χ4n) is 4.04. The molecule has 144 valence electrons. The first-order valence-electron chi connectivity index (χ1n) is 9.91. The van der Waals surface area contributed by atoms with Crippen LogP contribution in [0.2, 0.25) is 0 Å². The Morgan fingerprint density at radius 3 is 2.76 bits per heavy atom. The Morgan fingerprint density at radius 1 is 1.03 bits per heavy atom. The van der Waals surface area contributed by atoms with Gasteiger partial charge in [-0.1, -0.05) is 30.3 Å². The molecule has 0 amide bonds. The highest BCUT2D eigenvalue weighted by Gasteiger charge is 2.16. The van der Waals surface area contributed by atoms with Gasteiger partial charge in [0, 0.05) is 22.2 Å². The zero-order valence-corrected chi connectivity index (χ0v) is 17.1. The molecule has 1 aliphatic carbocycles. The second-order valence-electron chi connectivity index (χ2n) is 7.50. The van der Waals surface area contributed by atoms with Gasteiger partial charge in [0.2, 0.25) is 0 Å². The van der Waals surface area contributed by atoms with Gasteiger partial charge in [-0.25, -0.2) is 9.97 Å². The largest absolute Gasteiger partial charge is 0.340 e. The van der Waals surface area contributed by atoms with Gasteiger partial charge in [0.1, 0.15) is 17.0 Å². The van der Waals surface area contributed by atoms with E-state index in [1.807, 2.05) is 24.3 Å². The maximum atomic E-state index is 11.7. The minimum atomic E-state index is 0.0479. The van der Waals surface area contributed by atoms with Gasteiger partial charge in [0.15, 0.2) is 5.78 Å². The number of anilines is 2. The summed E-state index contributed by atoms with van der Waals surface area (Å²) in [6.45, 7) is 1.58. The van der Waals surface area contributed by atoms with Crippen molar-refractivity contribution in [3.63, 3.8) is 0 Å². The third kappa shape index (κ3) is 3.42. The monoisotopic (exact) mass is 399 g/mol. The highest BCUT2D eigenvalue weighted by molar-refractivity contribution is 7.17. The quantitative estimate of drug-likeness (QED) is 0.416. The molecule has 0 unspecified atom stereocenters. The van der Waals surface area contributed by atoms with Gasteiger partial charge in [-0.05, 0) is 61.4 Å². The zero-order chi connectivity index (χ0) is 19.8. The predicted octanol–water partition coefficient (Wildman–Crippen LogP) is 6.18. The van der Waals surface area contributed by atoms with Crippen molar-refractivity contribution in [1.29, 1.82) is 0 Å². The summed E-state index contributed by atoms with van der Waals surface area (Å²) in [5.74, 6) is 0.816. The SMILES string of the molecule is CC(=O)c1cccc(Nc2ncnc3scc(-c4ccc5c(c4)CCCC5)c23)c1. The molecule has 0 spiro atoms. The van der Waals surface area contributed by atoms with Gasteiger partial charge < -0.3 is 5.32 Å². The van der Waals surface area contributed by atoms with Crippen LogP contribution in [-0.2, 0) is 12.8 Å². The van der Waals surface area contributed by atoms with Crippen molar-refractivity contribution in [3.8, 4) is 11.1 Å². The summed E-state index contributed by atoms with van der Waals surface area (Å²) in [7, 11) is 0. The average molecular weight is 400 g/mol. The van der Waals surface area contributed by atoms with Crippen LogP contribution < -0.4 is 5.32 Å². The lowest BCUT2D eigenvalue weighted by atomic mass is 9.89. The third-order valence-electron chi connectivity index (χ3n) is 5.56. The summed E-state index contributed by atoms with van der Waals surface area (Å²) in [5.41, 5.74) is 6.85. The number of thiophene rings is 1. The second kappa shape index (κ2) is 7.41. The molecule has 5 heteroatoms. The zero-order valence-electron chi connectivity index (χ0n) is 16.2. The van der Waals surface area contributed by atoms with Crippen LogP contribution in [0, 0.1) is 0 Å². The van der Waals surface area contributed by atoms with Crippen molar-refractivity contribution < 1.29 is 4.79 Å². The van der Waals surface area contributed by atoms with E-state index in [1.54, 1.807) is 24.6 Å². The number of fused-ring (bicyclic) bond motifs is 2. The van der Waals surface area contributed by atoms with E-state index in [1.165, 1.54) is 36.0 Å². The molecule has 0 aliphatic heterocycles. The van der Waals surface area contributed by atoms with Crippen molar-refractivity contribution in [2.75, 3.05) is 5.32 Å². The van der Waals surface area contributed by atoms with Crippen LogP contribution in [0.15, 0.2) is 54.2 Å². The molecule has 0 saturated carbocycles. The van der Waals surface area contributed by atoms with E-state index in [0.717, 1.165) is 33.7 Å². The minimum absolute atomic E-state index is 0.0479. The first-order chi connectivity index (χ1) is 14.2. The summed E-state index contributed by atoms with van der Waals surface area (Å²) in [5, 5.41) is 6.60. The fraction of sp³-hybridized carbons (Fsp3) is 0.208. The molecule has 4 aromatic rings. The first-order valence-corrected chi connectivity index (χ1v) is 10.8. The highest BCUT2D eigenvalue weighted by Crippen LogP contribution is 2.38. The van der Waals surface area contributed by atoms with Gasteiger partial charge in [-0.2, -0.15) is 0 Å². The lowest BCUT2D eigenvalue weighted by Gasteiger charge is -2.16. The molecule has 2 aromatic carbocycles. The number of nitrogens with one attached hydrogen (secondary N) is 1.